The quantitative estimate of drug-likeness (QED) is 0.551. The molecule has 0 saturated heterocycles. The van der Waals surface area contributed by atoms with Gasteiger partial charge in [0.05, 0.1) is 0 Å². The molecule has 3 rings (SSSR count). The number of rotatable bonds is 8. The van der Waals surface area contributed by atoms with E-state index < -0.39 is 35.5 Å². The Hall–Kier alpha value is -3.39. The van der Waals surface area contributed by atoms with Crippen molar-refractivity contribution in [3.05, 3.63) is 59.7 Å². The Morgan fingerprint density at radius 3 is 1.97 bits per heavy atom. The number of carboxylic acids is 1. The van der Waals surface area contributed by atoms with Gasteiger partial charge in [-0.15, -0.1) is 0 Å². The van der Waals surface area contributed by atoms with E-state index in [9.17, 15) is 19.5 Å². The van der Waals surface area contributed by atoms with Crippen molar-refractivity contribution in [3.63, 3.8) is 0 Å². The van der Waals surface area contributed by atoms with Crippen LogP contribution < -0.4 is 10.6 Å². The molecule has 2 aromatic carbocycles. The third kappa shape index (κ3) is 5.75. The average molecular weight is 468 g/mol. The number of fused-ring (bicyclic) bond motifs is 3. The maximum atomic E-state index is 12.9. The molecule has 1 aliphatic carbocycles. The van der Waals surface area contributed by atoms with Gasteiger partial charge in [-0.3, -0.25) is 4.79 Å². The second kappa shape index (κ2) is 10.3. The first-order chi connectivity index (χ1) is 16.0. The largest absolute Gasteiger partial charge is 0.480 e. The van der Waals surface area contributed by atoms with Gasteiger partial charge in [-0.1, -0.05) is 69.3 Å². The van der Waals surface area contributed by atoms with Gasteiger partial charge >= 0.3 is 12.1 Å². The highest BCUT2D eigenvalue weighted by molar-refractivity contribution is 5.89. The Morgan fingerprint density at radius 1 is 0.971 bits per heavy atom. The van der Waals surface area contributed by atoms with Crippen molar-refractivity contribution < 1.29 is 24.2 Å². The van der Waals surface area contributed by atoms with Gasteiger partial charge in [-0.25, -0.2) is 9.59 Å². The molecule has 182 valence electrons. The molecule has 0 fully saturated rings. The van der Waals surface area contributed by atoms with E-state index in [1.165, 1.54) is 0 Å². The van der Waals surface area contributed by atoms with E-state index in [2.05, 4.69) is 22.8 Å². The van der Waals surface area contributed by atoms with Crippen molar-refractivity contribution in [1.29, 1.82) is 0 Å². The summed E-state index contributed by atoms with van der Waals surface area (Å²) in [6, 6.07) is 14.0. The summed E-state index contributed by atoms with van der Waals surface area (Å²) in [5.74, 6) is -1.81. The predicted octanol–water partition coefficient (Wildman–Crippen LogP) is 3.07. The number of likely N-dealkylation sites (N-methyl/N-ethyl adjacent to an activating group) is 1. The van der Waals surface area contributed by atoms with Gasteiger partial charge < -0.3 is 25.4 Å². The number of alkyl carbamates (subject to hydrolysis) is 1. The first-order valence-electron chi connectivity index (χ1n) is 11.3. The lowest BCUT2D eigenvalue weighted by molar-refractivity contribution is -0.145. The van der Waals surface area contributed by atoms with Crippen LogP contribution in [0.5, 0.6) is 0 Å². The second-order valence-corrected chi connectivity index (χ2v) is 9.93. The second-order valence-electron chi connectivity index (χ2n) is 9.93. The number of benzene rings is 2. The van der Waals surface area contributed by atoms with Crippen LogP contribution >= 0.6 is 0 Å². The monoisotopic (exact) mass is 467 g/mol. The number of amides is 2. The zero-order chi connectivity index (χ0) is 25.0. The molecule has 0 spiro atoms. The first kappa shape index (κ1) is 25.2. The molecular formula is C26H33N3O5. The van der Waals surface area contributed by atoms with E-state index in [0.29, 0.717) is 0 Å². The van der Waals surface area contributed by atoms with Gasteiger partial charge in [0.2, 0.25) is 5.91 Å². The Morgan fingerprint density at radius 2 is 1.50 bits per heavy atom. The van der Waals surface area contributed by atoms with Gasteiger partial charge in [-0.05, 0) is 41.8 Å². The Balaban J connectivity index is 1.69. The highest BCUT2D eigenvalue weighted by Gasteiger charge is 2.35. The lowest BCUT2D eigenvalue weighted by atomic mass is 9.86. The van der Waals surface area contributed by atoms with Crippen molar-refractivity contribution in [2.24, 2.45) is 5.41 Å². The molecule has 0 bridgehead atoms. The summed E-state index contributed by atoms with van der Waals surface area (Å²) >= 11 is 0. The van der Waals surface area contributed by atoms with E-state index in [1.807, 2.05) is 36.4 Å². The average Bonchev–Trinajstić information content (AvgIpc) is 3.08. The normalized spacial score (nSPS) is 14.6. The fraction of sp³-hybridized carbons (Fsp3) is 0.423. The molecule has 0 aromatic heterocycles. The number of hydrogen-bond acceptors (Lipinski definition) is 5. The van der Waals surface area contributed by atoms with Gasteiger partial charge in [0.25, 0.3) is 0 Å². The summed E-state index contributed by atoms with van der Waals surface area (Å²) in [5, 5.41) is 14.7. The number of ether oxygens (including phenoxy) is 1. The molecule has 8 nitrogen and oxygen atoms in total. The van der Waals surface area contributed by atoms with E-state index in [0.717, 1.165) is 22.3 Å². The Kier molecular flexibility index (Phi) is 7.61. The van der Waals surface area contributed by atoms with Crippen molar-refractivity contribution in [1.82, 2.24) is 15.5 Å². The topological polar surface area (TPSA) is 108 Å². The minimum Gasteiger partial charge on any atom is -0.480 e. The predicted molar refractivity (Wildman–Crippen MR) is 130 cm³/mol. The van der Waals surface area contributed by atoms with Crippen molar-refractivity contribution in [2.45, 2.75) is 38.8 Å². The van der Waals surface area contributed by atoms with E-state index >= 15 is 0 Å². The zero-order valence-electron chi connectivity index (χ0n) is 20.3. The lowest BCUT2D eigenvalue weighted by Crippen LogP contribution is -2.57. The van der Waals surface area contributed by atoms with Crippen LogP contribution in [0.25, 0.3) is 11.1 Å². The highest BCUT2D eigenvalue weighted by atomic mass is 16.5. The van der Waals surface area contributed by atoms with E-state index in [-0.39, 0.29) is 19.1 Å². The maximum absolute atomic E-state index is 12.9. The first-order valence-corrected chi connectivity index (χ1v) is 11.3. The SMILES string of the molecule is CN(C)C[C@H](NC(=O)OCC1c2ccccc2-c2ccccc21)C(=O)N[C@@H](C(=O)O)C(C)(C)C. The summed E-state index contributed by atoms with van der Waals surface area (Å²) in [6.07, 6.45) is -0.730. The minimum atomic E-state index is -1.13. The van der Waals surface area contributed by atoms with Crippen LogP contribution in [0.1, 0.15) is 37.8 Å². The number of hydrogen-bond donors (Lipinski definition) is 3. The van der Waals surface area contributed by atoms with Gasteiger partial charge in [0.15, 0.2) is 0 Å². The van der Waals surface area contributed by atoms with Crippen LogP contribution in [0.3, 0.4) is 0 Å². The number of carboxylic acid groups (broad SMARTS) is 1. The fourth-order valence-electron chi connectivity index (χ4n) is 4.23. The summed E-state index contributed by atoms with van der Waals surface area (Å²) in [5.41, 5.74) is 3.73. The smallest absolute Gasteiger partial charge is 0.407 e. The van der Waals surface area contributed by atoms with E-state index in [4.69, 9.17) is 4.74 Å². The van der Waals surface area contributed by atoms with Gasteiger partial charge in [0.1, 0.15) is 18.7 Å². The Labute approximate surface area is 200 Å². The molecule has 34 heavy (non-hydrogen) atoms. The molecule has 0 heterocycles. The molecule has 2 amide bonds. The summed E-state index contributed by atoms with van der Waals surface area (Å²) in [4.78, 5) is 39.0. The zero-order valence-corrected chi connectivity index (χ0v) is 20.3. The molecule has 0 radical (unpaired) electrons. The molecular weight excluding hydrogens is 434 g/mol. The van der Waals surface area contributed by atoms with E-state index in [1.54, 1.807) is 39.8 Å². The standard InChI is InChI=1S/C26H33N3O5/c1-26(2,3)22(24(31)32)28-23(30)21(14-29(4)5)27-25(33)34-15-20-18-12-8-6-10-16(18)17-11-7-9-13-19(17)20/h6-13,20-22H,14-15H2,1-5H3,(H,27,33)(H,28,30)(H,31,32)/t21-,22-/m0/s1. The number of carbonyl (C=O) groups excluding carboxylic acids is 2. The molecule has 0 unspecified atom stereocenters. The van der Waals surface area contributed by atoms with Gasteiger partial charge in [-0.2, -0.15) is 0 Å². The number of carbonyl (C=O) groups is 3. The van der Waals surface area contributed by atoms with Crippen molar-refractivity contribution >= 4 is 18.0 Å². The summed E-state index contributed by atoms with van der Waals surface area (Å²) in [7, 11) is 3.52. The van der Waals surface area contributed by atoms with Crippen molar-refractivity contribution in [2.75, 3.05) is 27.2 Å². The Bertz CT molecular complexity index is 1010. The summed E-state index contributed by atoms with van der Waals surface area (Å²) in [6.45, 7) is 5.49. The molecule has 3 N–H and O–H groups in total. The lowest BCUT2D eigenvalue weighted by Gasteiger charge is -2.30. The third-order valence-corrected chi connectivity index (χ3v) is 5.90. The molecule has 1 aliphatic rings. The van der Waals surface area contributed by atoms with Crippen LogP contribution in [0, 0.1) is 5.41 Å². The summed E-state index contributed by atoms with van der Waals surface area (Å²) < 4.78 is 5.56. The molecule has 0 saturated carbocycles. The highest BCUT2D eigenvalue weighted by Crippen LogP contribution is 2.44. The van der Waals surface area contributed by atoms with Gasteiger partial charge in [0, 0.05) is 12.5 Å². The van der Waals surface area contributed by atoms with Crippen LogP contribution in [0.15, 0.2) is 48.5 Å². The number of nitrogens with one attached hydrogen (secondary N) is 2. The number of aliphatic carboxylic acids is 1. The van der Waals surface area contributed by atoms with Crippen molar-refractivity contribution in [3.8, 4) is 11.1 Å². The molecule has 2 aromatic rings. The van der Waals surface area contributed by atoms with Crippen LogP contribution in [-0.2, 0) is 14.3 Å². The fourth-order valence-corrected chi connectivity index (χ4v) is 4.23. The minimum absolute atomic E-state index is 0.100. The third-order valence-electron chi connectivity index (χ3n) is 5.90. The van der Waals surface area contributed by atoms with Crippen LogP contribution in [-0.4, -0.2) is 67.3 Å². The maximum Gasteiger partial charge on any atom is 0.407 e. The van der Waals surface area contributed by atoms with Crippen LogP contribution in [0.4, 0.5) is 4.79 Å². The molecule has 0 aliphatic heterocycles. The van der Waals surface area contributed by atoms with Crippen LogP contribution in [0.2, 0.25) is 0 Å². The molecule has 8 heteroatoms. The number of nitrogens with zero attached hydrogens (tertiary/aromatic N) is 1. The molecule has 2 atom stereocenters.